The minimum absolute atomic E-state index is 0.0645. The summed E-state index contributed by atoms with van der Waals surface area (Å²) in [7, 11) is 5.35. The number of carbonyl (C=O) groups excluding carboxylic acids is 1. The number of carbonyl (C=O) groups is 1. The minimum atomic E-state index is -1.30. The van der Waals surface area contributed by atoms with Crippen LogP contribution in [0.25, 0.3) is 22.3 Å². The van der Waals surface area contributed by atoms with Gasteiger partial charge in [0, 0.05) is 35.7 Å². The maximum absolute atomic E-state index is 13.4. The predicted molar refractivity (Wildman–Crippen MR) is 118 cm³/mol. The molecule has 2 aliphatic rings. The van der Waals surface area contributed by atoms with E-state index in [1.54, 1.807) is 16.7 Å². The molecule has 4 heterocycles. The molecule has 2 aromatic heterocycles. The Hall–Kier alpha value is -3.23. The van der Waals surface area contributed by atoms with E-state index >= 15 is 0 Å². The standard InChI is InChI=1S/C24H25N3O5/c1-5-24(31-4)17-9-19-21-13(10-27(19)22(29)16(17)12-32-23(24)30)8-14-15(11-26(2)3)20(28)7-6-18(14)25-21/h6-9,28H,5,10-12H2,1-4H3/t24-/m1/s1. The van der Waals surface area contributed by atoms with Gasteiger partial charge in [-0.05, 0) is 44.8 Å². The van der Waals surface area contributed by atoms with Gasteiger partial charge in [-0.2, -0.15) is 0 Å². The van der Waals surface area contributed by atoms with Crippen molar-refractivity contribution in [1.82, 2.24) is 14.5 Å². The van der Waals surface area contributed by atoms with Crippen molar-refractivity contribution >= 4 is 16.9 Å². The van der Waals surface area contributed by atoms with Crippen molar-refractivity contribution in [3.05, 3.63) is 56.9 Å². The first-order chi connectivity index (χ1) is 15.3. The number of phenolic OH excluding ortho intramolecular Hbond substituents is 1. The van der Waals surface area contributed by atoms with Gasteiger partial charge in [0.05, 0.1) is 29.0 Å². The summed E-state index contributed by atoms with van der Waals surface area (Å²) in [5, 5.41) is 11.3. The predicted octanol–water partition coefficient (Wildman–Crippen LogP) is 2.50. The van der Waals surface area contributed by atoms with Crippen molar-refractivity contribution in [3.8, 4) is 17.1 Å². The van der Waals surface area contributed by atoms with E-state index in [0.29, 0.717) is 42.0 Å². The molecule has 166 valence electrons. The van der Waals surface area contributed by atoms with Crippen LogP contribution in [0.2, 0.25) is 0 Å². The van der Waals surface area contributed by atoms with E-state index in [4.69, 9.17) is 14.5 Å². The first-order valence-corrected chi connectivity index (χ1v) is 10.6. The van der Waals surface area contributed by atoms with Crippen molar-refractivity contribution in [2.45, 2.75) is 38.6 Å². The zero-order valence-electron chi connectivity index (χ0n) is 18.6. The third-order valence-electron chi connectivity index (χ3n) is 6.57. The van der Waals surface area contributed by atoms with Crippen LogP contribution in [0.15, 0.2) is 29.1 Å². The maximum Gasteiger partial charge on any atom is 0.343 e. The van der Waals surface area contributed by atoms with Crippen LogP contribution in [0.4, 0.5) is 0 Å². The highest BCUT2D eigenvalue weighted by atomic mass is 16.6. The van der Waals surface area contributed by atoms with Crippen LogP contribution in [0.5, 0.6) is 5.75 Å². The number of ether oxygens (including phenoxy) is 2. The molecule has 0 saturated heterocycles. The van der Waals surface area contributed by atoms with E-state index in [0.717, 1.165) is 22.0 Å². The fraction of sp³-hybridized carbons (Fsp3) is 0.375. The molecule has 0 spiro atoms. The van der Waals surface area contributed by atoms with Crippen molar-refractivity contribution in [2.75, 3.05) is 21.2 Å². The lowest BCUT2D eigenvalue weighted by Crippen LogP contribution is -2.45. The normalized spacial score (nSPS) is 19.1. The van der Waals surface area contributed by atoms with Crippen LogP contribution < -0.4 is 5.56 Å². The molecule has 0 amide bonds. The minimum Gasteiger partial charge on any atom is -0.508 e. The Kier molecular flexibility index (Phi) is 4.61. The maximum atomic E-state index is 13.4. The van der Waals surface area contributed by atoms with Gasteiger partial charge in [0.2, 0.25) is 0 Å². The van der Waals surface area contributed by atoms with E-state index < -0.39 is 11.6 Å². The molecule has 8 nitrogen and oxygen atoms in total. The topological polar surface area (TPSA) is 93.9 Å². The molecule has 0 radical (unpaired) electrons. The van der Waals surface area contributed by atoms with Gasteiger partial charge in [-0.25, -0.2) is 9.78 Å². The average molecular weight is 435 g/mol. The number of cyclic esters (lactones) is 1. The van der Waals surface area contributed by atoms with Crippen LogP contribution in [-0.4, -0.2) is 46.7 Å². The summed E-state index contributed by atoms with van der Waals surface area (Å²) >= 11 is 0. The Morgan fingerprint density at radius 3 is 2.75 bits per heavy atom. The van der Waals surface area contributed by atoms with Gasteiger partial charge in [0.1, 0.15) is 12.4 Å². The lowest BCUT2D eigenvalue weighted by atomic mass is 9.85. The Morgan fingerprint density at radius 1 is 1.28 bits per heavy atom. The van der Waals surface area contributed by atoms with Crippen LogP contribution in [0.3, 0.4) is 0 Å². The second-order valence-electron chi connectivity index (χ2n) is 8.64. The van der Waals surface area contributed by atoms with Crippen molar-refractivity contribution in [1.29, 1.82) is 0 Å². The van der Waals surface area contributed by atoms with Crippen molar-refractivity contribution in [2.24, 2.45) is 0 Å². The molecule has 0 bridgehead atoms. The smallest absolute Gasteiger partial charge is 0.343 e. The number of benzene rings is 1. The van der Waals surface area contributed by atoms with Crippen LogP contribution in [-0.2, 0) is 39.6 Å². The van der Waals surface area contributed by atoms with Crippen LogP contribution in [0, 0.1) is 0 Å². The van der Waals surface area contributed by atoms with Gasteiger partial charge in [-0.1, -0.05) is 6.92 Å². The molecule has 1 atom stereocenters. The number of aromatic hydroxyl groups is 1. The average Bonchev–Trinajstić information content (AvgIpc) is 3.13. The fourth-order valence-electron chi connectivity index (χ4n) is 4.91. The molecule has 0 fully saturated rings. The van der Waals surface area contributed by atoms with Crippen LogP contribution >= 0.6 is 0 Å². The summed E-state index contributed by atoms with van der Waals surface area (Å²) < 4.78 is 12.6. The van der Waals surface area contributed by atoms with Gasteiger partial charge in [0.15, 0.2) is 5.60 Å². The second kappa shape index (κ2) is 7.15. The quantitative estimate of drug-likeness (QED) is 0.492. The highest BCUT2D eigenvalue weighted by molar-refractivity contribution is 5.89. The molecule has 32 heavy (non-hydrogen) atoms. The van der Waals surface area contributed by atoms with Crippen molar-refractivity contribution < 1.29 is 19.4 Å². The van der Waals surface area contributed by atoms with Gasteiger partial charge in [0.25, 0.3) is 5.56 Å². The van der Waals surface area contributed by atoms with Gasteiger partial charge in [-0.3, -0.25) is 4.79 Å². The molecule has 0 unspecified atom stereocenters. The number of methoxy groups -OCH3 is 1. The lowest BCUT2D eigenvalue weighted by molar-refractivity contribution is -0.176. The Bertz CT molecular complexity index is 1340. The summed E-state index contributed by atoms with van der Waals surface area (Å²) in [5.74, 6) is -0.257. The lowest BCUT2D eigenvalue weighted by Gasteiger charge is -2.35. The SMILES string of the molecule is CC[C@]1(OC)C(=O)OCc2c1cc1n(c2=O)Cc2cc3c(CN(C)C)c(O)ccc3nc2-1. The van der Waals surface area contributed by atoms with Gasteiger partial charge >= 0.3 is 5.97 Å². The zero-order valence-corrected chi connectivity index (χ0v) is 18.6. The third-order valence-corrected chi connectivity index (χ3v) is 6.57. The Morgan fingerprint density at radius 2 is 2.06 bits per heavy atom. The van der Waals surface area contributed by atoms with E-state index in [1.165, 1.54) is 7.11 Å². The monoisotopic (exact) mass is 435 g/mol. The first kappa shape index (κ1) is 20.7. The van der Waals surface area contributed by atoms with E-state index in [2.05, 4.69) is 0 Å². The molecule has 3 aromatic rings. The first-order valence-electron chi connectivity index (χ1n) is 10.6. The highest BCUT2D eigenvalue weighted by Crippen LogP contribution is 2.41. The third kappa shape index (κ3) is 2.73. The summed E-state index contributed by atoms with van der Waals surface area (Å²) in [6.07, 6.45) is 0.351. The number of hydrogen-bond acceptors (Lipinski definition) is 7. The fourth-order valence-corrected chi connectivity index (χ4v) is 4.91. The molecule has 1 N–H and O–H groups in total. The van der Waals surface area contributed by atoms with E-state index in [-0.39, 0.29) is 17.9 Å². The molecular weight excluding hydrogens is 410 g/mol. The summed E-state index contributed by atoms with van der Waals surface area (Å²) in [6, 6.07) is 7.30. The van der Waals surface area contributed by atoms with Crippen LogP contribution in [0.1, 0.15) is 35.6 Å². The molecule has 0 aliphatic carbocycles. The zero-order chi connectivity index (χ0) is 22.8. The number of rotatable bonds is 4. The van der Waals surface area contributed by atoms with Gasteiger partial charge in [-0.15, -0.1) is 0 Å². The number of hydrogen-bond donors (Lipinski definition) is 1. The molecule has 2 aliphatic heterocycles. The molecule has 8 heteroatoms. The molecular formula is C24H25N3O5. The highest BCUT2D eigenvalue weighted by Gasteiger charge is 2.47. The summed E-state index contributed by atoms with van der Waals surface area (Å²) in [5.41, 5.74) is 3.32. The van der Waals surface area contributed by atoms with E-state index in [1.807, 2.05) is 38.1 Å². The van der Waals surface area contributed by atoms with Crippen molar-refractivity contribution in [3.63, 3.8) is 0 Å². The number of fused-ring (bicyclic) bond motifs is 5. The molecule has 0 saturated carbocycles. The number of nitrogens with zero attached hydrogens (tertiary/aromatic N) is 3. The Labute approximate surface area is 185 Å². The summed E-state index contributed by atoms with van der Waals surface area (Å²) in [4.78, 5) is 32.9. The van der Waals surface area contributed by atoms with Gasteiger partial charge < -0.3 is 24.0 Å². The molecule has 1 aromatic carbocycles. The number of pyridine rings is 2. The van der Waals surface area contributed by atoms with E-state index in [9.17, 15) is 14.7 Å². The largest absolute Gasteiger partial charge is 0.508 e. The molecule has 5 rings (SSSR count). The number of aromatic nitrogens is 2. The second-order valence-corrected chi connectivity index (χ2v) is 8.64. The number of esters is 1. The Balaban J connectivity index is 1.75. The number of phenols is 1. The summed E-state index contributed by atoms with van der Waals surface area (Å²) in [6.45, 7) is 2.71.